The van der Waals surface area contributed by atoms with Crippen molar-refractivity contribution in [2.24, 2.45) is 0 Å². The van der Waals surface area contributed by atoms with Crippen LogP contribution in [0.4, 0.5) is 0 Å². The lowest BCUT2D eigenvalue weighted by atomic mass is 10.00. The summed E-state index contributed by atoms with van der Waals surface area (Å²) in [5.41, 5.74) is 1.01. The monoisotopic (exact) mass is 570 g/mol. The molecule has 0 N–H and O–H groups in total. The average Bonchev–Trinajstić information content (AvgIpc) is 2.97. The molecule has 0 aliphatic heterocycles. The van der Waals surface area contributed by atoms with Crippen molar-refractivity contribution < 1.29 is 41.9 Å². The van der Waals surface area contributed by atoms with Crippen molar-refractivity contribution in [3.63, 3.8) is 0 Å². The van der Waals surface area contributed by atoms with Gasteiger partial charge in [-0.2, -0.15) is 0 Å². The summed E-state index contributed by atoms with van der Waals surface area (Å²) in [6.45, 7) is 3.48. The van der Waals surface area contributed by atoms with Crippen molar-refractivity contribution in [2.45, 2.75) is 52.3 Å². The molecular formula is C30H35O9P. The van der Waals surface area contributed by atoms with Gasteiger partial charge in [-0.05, 0) is 23.6 Å². The van der Waals surface area contributed by atoms with Gasteiger partial charge in [-0.3, -0.25) is 23.2 Å². The van der Waals surface area contributed by atoms with Crippen LogP contribution in [0.15, 0.2) is 91.0 Å². The number of hydrogen-bond donors (Lipinski definition) is 0. The smallest absolute Gasteiger partial charge is 0.463 e. The number of ether oxygens (including phenoxy) is 3. The van der Waals surface area contributed by atoms with Crippen LogP contribution < -0.4 is 0 Å². The number of carbonyl (C=O) groups is 2. The number of hydrogen-bond acceptors (Lipinski definition) is 9. The molecule has 3 rings (SSSR count). The number of carbonyl (C=O) groups excluding carboxylic acids is 2. The van der Waals surface area contributed by atoms with Gasteiger partial charge >= 0.3 is 19.8 Å². The van der Waals surface area contributed by atoms with Gasteiger partial charge in [0.15, 0.2) is 6.10 Å². The predicted molar refractivity (Wildman–Crippen MR) is 148 cm³/mol. The van der Waals surface area contributed by atoms with E-state index >= 15 is 0 Å². The topological polar surface area (TPSA) is 107 Å². The second-order valence-corrected chi connectivity index (χ2v) is 10.9. The molecule has 0 saturated carbocycles. The maximum absolute atomic E-state index is 13.8. The summed E-state index contributed by atoms with van der Waals surface area (Å²) in [5.74, 6) is -1.17. The molecule has 0 amide bonds. The summed E-state index contributed by atoms with van der Waals surface area (Å²) >= 11 is 0. The van der Waals surface area contributed by atoms with Crippen molar-refractivity contribution in [1.82, 2.24) is 0 Å². The fraction of sp³-hybridized carbons (Fsp3) is 0.333. The summed E-state index contributed by atoms with van der Waals surface area (Å²) in [7, 11) is -4.19. The molecule has 0 aliphatic carbocycles. The molecule has 0 radical (unpaired) electrons. The lowest BCUT2D eigenvalue weighted by Crippen LogP contribution is -2.50. The number of esters is 2. The maximum atomic E-state index is 13.8. The molecule has 3 aromatic carbocycles. The Hall–Kier alpha value is -3.33. The molecule has 10 heteroatoms. The van der Waals surface area contributed by atoms with Crippen LogP contribution in [0.25, 0.3) is 0 Å². The number of rotatable bonds is 16. The summed E-state index contributed by atoms with van der Waals surface area (Å²) in [5, 5.41) is 0. The number of phosphoric ester groups is 1. The van der Waals surface area contributed by atoms with E-state index in [0.29, 0.717) is 0 Å². The molecule has 3 aromatic rings. The van der Waals surface area contributed by atoms with Crippen LogP contribution in [-0.4, -0.2) is 36.9 Å². The van der Waals surface area contributed by atoms with Crippen LogP contribution >= 0.6 is 7.82 Å². The summed E-state index contributed by atoms with van der Waals surface area (Å²) in [6.07, 6.45) is -1.14. The van der Waals surface area contributed by atoms with Gasteiger partial charge in [0, 0.05) is 13.8 Å². The minimum absolute atomic E-state index is 0.0413. The van der Waals surface area contributed by atoms with Gasteiger partial charge in [0.05, 0.1) is 26.4 Å². The van der Waals surface area contributed by atoms with Crippen LogP contribution in [-0.2, 0) is 61.8 Å². The highest BCUT2D eigenvalue weighted by atomic mass is 31.2. The van der Waals surface area contributed by atoms with E-state index in [4.69, 9.17) is 27.8 Å². The Balaban J connectivity index is 1.81. The molecule has 0 fully saturated rings. The summed E-state index contributed by atoms with van der Waals surface area (Å²) < 4.78 is 47.8. The summed E-state index contributed by atoms with van der Waals surface area (Å²) in [6, 6.07) is 27.6. The van der Waals surface area contributed by atoms with Gasteiger partial charge in [-0.1, -0.05) is 91.0 Å². The van der Waals surface area contributed by atoms with E-state index in [9.17, 15) is 14.2 Å². The molecule has 9 nitrogen and oxygen atoms in total. The Morgan fingerprint density at radius 1 is 0.700 bits per heavy atom. The molecule has 0 bridgehead atoms. The number of benzene rings is 3. The van der Waals surface area contributed by atoms with E-state index in [0.717, 1.165) is 16.7 Å². The zero-order valence-corrected chi connectivity index (χ0v) is 23.8. The molecule has 0 heterocycles. The third-order valence-electron chi connectivity index (χ3n) is 5.81. The second-order valence-electron chi connectivity index (χ2n) is 9.23. The van der Waals surface area contributed by atoms with Crippen molar-refractivity contribution >= 4 is 19.8 Å². The largest absolute Gasteiger partial charge is 0.475 e. The highest BCUT2D eigenvalue weighted by molar-refractivity contribution is 7.48. The van der Waals surface area contributed by atoms with Gasteiger partial charge in [-0.25, -0.2) is 4.57 Å². The Kier molecular flexibility index (Phi) is 12.1. The SMILES string of the molecule is CC(=O)OC[C@](C)(OCc1ccccc1)[C@@H](COP(=O)(OCc1ccccc1)OCc1ccccc1)OC(C)=O. The molecule has 0 saturated heterocycles. The molecular weight excluding hydrogens is 535 g/mol. The van der Waals surface area contributed by atoms with Crippen LogP contribution in [0.3, 0.4) is 0 Å². The van der Waals surface area contributed by atoms with E-state index in [1.54, 1.807) is 6.92 Å². The molecule has 2 atom stereocenters. The van der Waals surface area contributed by atoms with Gasteiger partial charge in [0.25, 0.3) is 0 Å². The van der Waals surface area contributed by atoms with Gasteiger partial charge in [0.1, 0.15) is 12.2 Å². The normalized spacial score (nSPS) is 13.7. The molecule has 0 spiro atoms. The van der Waals surface area contributed by atoms with E-state index in [1.165, 1.54) is 13.8 Å². The van der Waals surface area contributed by atoms with Crippen LogP contribution in [0.2, 0.25) is 0 Å². The van der Waals surface area contributed by atoms with E-state index in [-0.39, 0.29) is 26.4 Å². The Labute approximate surface area is 234 Å². The van der Waals surface area contributed by atoms with Gasteiger partial charge < -0.3 is 14.2 Å². The zero-order chi connectivity index (χ0) is 28.8. The third-order valence-corrected chi connectivity index (χ3v) is 7.17. The highest BCUT2D eigenvalue weighted by Crippen LogP contribution is 2.51. The van der Waals surface area contributed by atoms with E-state index in [1.807, 2.05) is 91.0 Å². The minimum atomic E-state index is -4.19. The first-order valence-electron chi connectivity index (χ1n) is 12.8. The zero-order valence-electron chi connectivity index (χ0n) is 22.9. The Bertz CT molecular complexity index is 1190. The Morgan fingerprint density at radius 2 is 1.15 bits per heavy atom. The highest BCUT2D eigenvalue weighted by Gasteiger charge is 2.42. The Morgan fingerprint density at radius 3 is 1.57 bits per heavy atom. The molecule has 214 valence electrons. The predicted octanol–water partition coefficient (Wildman–Crippen LogP) is 6.02. The number of phosphoric acid groups is 1. The quantitative estimate of drug-likeness (QED) is 0.151. The lowest BCUT2D eigenvalue weighted by Gasteiger charge is -2.36. The maximum Gasteiger partial charge on any atom is 0.475 e. The van der Waals surface area contributed by atoms with E-state index in [2.05, 4.69) is 0 Å². The lowest BCUT2D eigenvalue weighted by molar-refractivity contribution is -0.193. The fourth-order valence-corrected chi connectivity index (χ4v) is 4.71. The van der Waals surface area contributed by atoms with Crippen LogP contribution in [0.5, 0.6) is 0 Å². The average molecular weight is 571 g/mol. The molecule has 0 aromatic heterocycles. The van der Waals surface area contributed by atoms with Crippen molar-refractivity contribution in [2.75, 3.05) is 13.2 Å². The molecule has 40 heavy (non-hydrogen) atoms. The minimum Gasteiger partial charge on any atom is -0.463 e. The molecule has 0 aliphatic rings. The van der Waals surface area contributed by atoms with Gasteiger partial charge in [0.2, 0.25) is 0 Å². The van der Waals surface area contributed by atoms with Crippen molar-refractivity contribution in [3.05, 3.63) is 108 Å². The van der Waals surface area contributed by atoms with Crippen molar-refractivity contribution in [1.29, 1.82) is 0 Å². The third kappa shape index (κ3) is 10.7. The summed E-state index contributed by atoms with van der Waals surface area (Å²) in [4.78, 5) is 23.8. The first-order chi connectivity index (χ1) is 19.2. The molecule has 0 unspecified atom stereocenters. The second kappa shape index (κ2) is 15.5. The van der Waals surface area contributed by atoms with Crippen LogP contribution in [0, 0.1) is 0 Å². The first-order valence-corrected chi connectivity index (χ1v) is 14.2. The fourth-order valence-electron chi connectivity index (χ4n) is 3.56. The van der Waals surface area contributed by atoms with Gasteiger partial charge in [-0.15, -0.1) is 0 Å². The van der Waals surface area contributed by atoms with E-state index < -0.39 is 38.1 Å². The van der Waals surface area contributed by atoms with Crippen molar-refractivity contribution in [3.8, 4) is 0 Å². The standard InChI is InChI=1S/C30H35O9P/c1-24(31)34-23-30(3,35-19-26-13-7-4-8-14-26)29(39-25(2)32)22-38-40(33,36-20-27-15-9-5-10-16-27)37-21-28-17-11-6-12-18-28/h4-18,29H,19-23H2,1-3H3/t29-,30+/m1/s1. The first kappa shape index (κ1) is 31.2. The van der Waals surface area contributed by atoms with Crippen LogP contribution in [0.1, 0.15) is 37.5 Å².